The molecule has 0 heterocycles. The van der Waals surface area contributed by atoms with E-state index in [1.165, 1.54) is 6.21 Å². The Morgan fingerprint density at radius 3 is 1.87 bits per heavy atom. The minimum absolute atomic E-state index is 0.573. The summed E-state index contributed by atoms with van der Waals surface area (Å²) in [4.78, 5) is 4.61. The third-order valence-corrected chi connectivity index (χ3v) is 3.33. The Morgan fingerprint density at radius 2 is 1.26 bits per heavy atom. The first kappa shape index (κ1) is 14.7. The summed E-state index contributed by atoms with van der Waals surface area (Å²) in [6.45, 7) is 0. The number of rotatable bonds is 4. The highest BCUT2D eigenvalue weighted by Crippen LogP contribution is 2.14. The number of aliphatic imine (C=N–C) groups is 1. The van der Waals surface area contributed by atoms with Crippen LogP contribution in [0.1, 0.15) is 5.56 Å². The molecule has 112 valence electrons. The molecular weight excluding hydrogens is 284 g/mol. The first-order chi connectivity index (χ1) is 11.3. The second-order valence-electron chi connectivity index (χ2n) is 4.99. The molecule has 23 heavy (non-hydrogen) atoms. The SMILES string of the molecule is [O-]/[N+](=C\C(=Nc1ccccc1)c1ccccc1)c1ccccc1. The number of hydrogen-bond donors (Lipinski definition) is 0. The number of benzene rings is 3. The average molecular weight is 300 g/mol. The molecule has 0 bridgehead atoms. The van der Waals surface area contributed by atoms with Crippen LogP contribution in [0.5, 0.6) is 0 Å². The van der Waals surface area contributed by atoms with Crippen molar-refractivity contribution < 1.29 is 4.74 Å². The van der Waals surface area contributed by atoms with Crippen molar-refractivity contribution in [2.45, 2.75) is 0 Å². The van der Waals surface area contributed by atoms with Gasteiger partial charge in [-0.1, -0.05) is 66.7 Å². The van der Waals surface area contributed by atoms with Crippen LogP contribution < -0.4 is 0 Å². The van der Waals surface area contributed by atoms with Gasteiger partial charge in [0.1, 0.15) is 5.71 Å². The number of para-hydroxylation sites is 2. The van der Waals surface area contributed by atoms with Crippen LogP contribution in [-0.4, -0.2) is 16.7 Å². The summed E-state index contributed by atoms with van der Waals surface area (Å²) < 4.78 is 0.842. The topological polar surface area (TPSA) is 38.4 Å². The zero-order valence-corrected chi connectivity index (χ0v) is 12.5. The lowest BCUT2D eigenvalue weighted by Crippen LogP contribution is -2.10. The van der Waals surface area contributed by atoms with Gasteiger partial charge in [0, 0.05) is 17.7 Å². The molecule has 3 aromatic rings. The maximum atomic E-state index is 12.4. The molecule has 3 aromatic carbocycles. The van der Waals surface area contributed by atoms with E-state index in [0.29, 0.717) is 11.4 Å². The number of nitrogens with zero attached hydrogens (tertiary/aromatic N) is 2. The van der Waals surface area contributed by atoms with E-state index in [4.69, 9.17) is 0 Å². The van der Waals surface area contributed by atoms with Gasteiger partial charge in [-0.05, 0) is 12.1 Å². The van der Waals surface area contributed by atoms with Gasteiger partial charge in [0.2, 0.25) is 11.9 Å². The van der Waals surface area contributed by atoms with Gasteiger partial charge < -0.3 is 5.21 Å². The van der Waals surface area contributed by atoms with Crippen LogP contribution in [0.25, 0.3) is 0 Å². The van der Waals surface area contributed by atoms with Gasteiger partial charge in [-0.15, -0.1) is 0 Å². The van der Waals surface area contributed by atoms with E-state index >= 15 is 0 Å². The lowest BCUT2D eigenvalue weighted by Gasteiger charge is -2.05. The van der Waals surface area contributed by atoms with E-state index in [1.807, 2.05) is 78.9 Å². The van der Waals surface area contributed by atoms with Crippen LogP contribution >= 0.6 is 0 Å². The highest BCUT2D eigenvalue weighted by molar-refractivity contribution is 6.37. The summed E-state index contributed by atoms with van der Waals surface area (Å²) in [5, 5.41) is 12.4. The van der Waals surface area contributed by atoms with Crippen LogP contribution in [0.3, 0.4) is 0 Å². The van der Waals surface area contributed by atoms with Crippen LogP contribution in [0, 0.1) is 5.21 Å². The van der Waals surface area contributed by atoms with Crippen molar-refractivity contribution >= 4 is 23.3 Å². The van der Waals surface area contributed by atoms with Crippen molar-refractivity contribution in [3.8, 4) is 0 Å². The molecule has 0 saturated heterocycles. The quantitative estimate of drug-likeness (QED) is 0.297. The molecule has 0 spiro atoms. The molecule has 3 rings (SSSR count). The minimum Gasteiger partial charge on any atom is -0.618 e. The second-order valence-corrected chi connectivity index (χ2v) is 4.99. The fourth-order valence-electron chi connectivity index (χ4n) is 2.18. The predicted molar refractivity (Wildman–Crippen MR) is 94.9 cm³/mol. The van der Waals surface area contributed by atoms with Crippen molar-refractivity contribution in [2.24, 2.45) is 4.99 Å². The van der Waals surface area contributed by atoms with Gasteiger partial charge in [0.15, 0.2) is 0 Å². The summed E-state index contributed by atoms with van der Waals surface area (Å²) in [6.07, 6.45) is 1.51. The van der Waals surface area contributed by atoms with Crippen molar-refractivity contribution in [1.29, 1.82) is 0 Å². The highest BCUT2D eigenvalue weighted by Gasteiger charge is 2.07. The molecule has 0 N–H and O–H groups in total. The predicted octanol–water partition coefficient (Wildman–Crippen LogP) is 4.72. The van der Waals surface area contributed by atoms with Crippen molar-refractivity contribution in [2.75, 3.05) is 0 Å². The van der Waals surface area contributed by atoms with E-state index in [1.54, 1.807) is 12.1 Å². The third kappa shape index (κ3) is 3.92. The molecule has 0 radical (unpaired) electrons. The van der Waals surface area contributed by atoms with Crippen LogP contribution in [0.15, 0.2) is 96.0 Å². The van der Waals surface area contributed by atoms with Crippen molar-refractivity contribution in [1.82, 2.24) is 0 Å². The summed E-state index contributed by atoms with van der Waals surface area (Å²) in [5.41, 5.74) is 2.90. The second kappa shape index (κ2) is 7.18. The molecule has 0 amide bonds. The molecule has 0 saturated carbocycles. The van der Waals surface area contributed by atoms with E-state index in [2.05, 4.69) is 4.99 Å². The van der Waals surface area contributed by atoms with Crippen LogP contribution in [-0.2, 0) is 0 Å². The fraction of sp³-hybridized carbons (Fsp3) is 0. The largest absolute Gasteiger partial charge is 0.618 e. The molecule has 0 aliphatic carbocycles. The summed E-state index contributed by atoms with van der Waals surface area (Å²) in [6, 6.07) is 28.4. The summed E-state index contributed by atoms with van der Waals surface area (Å²) >= 11 is 0. The lowest BCUT2D eigenvalue weighted by atomic mass is 10.1. The van der Waals surface area contributed by atoms with Crippen LogP contribution in [0.4, 0.5) is 11.4 Å². The Balaban J connectivity index is 2.04. The minimum atomic E-state index is 0.573. The first-order valence-corrected chi connectivity index (χ1v) is 7.38. The molecule has 3 nitrogen and oxygen atoms in total. The maximum absolute atomic E-state index is 12.4. The molecule has 0 aliphatic rings. The summed E-state index contributed by atoms with van der Waals surface area (Å²) in [5.74, 6) is 0. The Hall–Kier alpha value is -3.20. The fourth-order valence-corrected chi connectivity index (χ4v) is 2.18. The van der Waals surface area contributed by atoms with Gasteiger partial charge >= 0.3 is 0 Å². The third-order valence-electron chi connectivity index (χ3n) is 3.33. The van der Waals surface area contributed by atoms with E-state index < -0.39 is 0 Å². The lowest BCUT2D eigenvalue weighted by molar-refractivity contribution is -0.353. The Morgan fingerprint density at radius 1 is 0.739 bits per heavy atom. The van der Waals surface area contributed by atoms with Gasteiger partial charge in [0.25, 0.3) is 0 Å². The maximum Gasteiger partial charge on any atom is 0.216 e. The molecule has 3 heteroatoms. The normalized spacial score (nSPS) is 12.2. The molecule has 0 atom stereocenters. The Bertz CT molecular complexity index is 810. The van der Waals surface area contributed by atoms with E-state index in [0.717, 1.165) is 16.0 Å². The number of hydrogen-bond acceptors (Lipinski definition) is 2. The summed E-state index contributed by atoms with van der Waals surface area (Å²) in [7, 11) is 0. The standard InChI is InChI=1S/C20H16N2O/c23-22(19-14-8-3-9-15-19)16-20(17-10-4-1-5-11-17)21-18-12-6-2-7-13-18/h1-16H/b21-20?,22-16-. The smallest absolute Gasteiger partial charge is 0.216 e. The highest BCUT2D eigenvalue weighted by atomic mass is 16.5. The molecule has 0 unspecified atom stereocenters. The average Bonchev–Trinajstić information content (AvgIpc) is 2.63. The monoisotopic (exact) mass is 300 g/mol. The van der Waals surface area contributed by atoms with Crippen molar-refractivity contribution in [3.05, 3.63) is 102 Å². The van der Waals surface area contributed by atoms with Gasteiger partial charge in [0.05, 0.1) is 5.69 Å². The molecular formula is C20H16N2O. The van der Waals surface area contributed by atoms with Crippen molar-refractivity contribution in [3.63, 3.8) is 0 Å². The Labute approximate surface area is 135 Å². The van der Waals surface area contributed by atoms with Gasteiger partial charge in [-0.3, -0.25) is 0 Å². The van der Waals surface area contributed by atoms with Gasteiger partial charge in [-0.2, -0.15) is 4.74 Å². The molecule has 0 aromatic heterocycles. The molecule has 0 aliphatic heterocycles. The van der Waals surface area contributed by atoms with Crippen LogP contribution in [0.2, 0.25) is 0 Å². The van der Waals surface area contributed by atoms with E-state index in [9.17, 15) is 5.21 Å². The van der Waals surface area contributed by atoms with Gasteiger partial charge in [-0.25, -0.2) is 4.99 Å². The zero-order chi connectivity index (χ0) is 15.9. The molecule has 0 fully saturated rings. The zero-order valence-electron chi connectivity index (χ0n) is 12.5. The Kier molecular flexibility index (Phi) is 4.60. The van der Waals surface area contributed by atoms with E-state index in [-0.39, 0.29) is 0 Å². The first-order valence-electron chi connectivity index (χ1n) is 7.38.